The van der Waals surface area contributed by atoms with Gasteiger partial charge >= 0.3 is 6.03 Å². The number of amides is 4. The topological polar surface area (TPSA) is 99.8 Å². The van der Waals surface area contributed by atoms with Crippen LogP contribution in [0.5, 0.6) is 5.75 Å². The van der Waals surface area contributed by atoms with E-state index in [0.29, 0.717) is 16.5 Å². The van der Waals surface area contributed by atoms with Gasteiger partial charge in [-0.25, -0.2) is 4.79 Å². The molecule has 3 atom stereocenters. The minimum Gasteiger partial charge on any atom is -0.495 e. The third-order valence-electron chi connectivity index (χ3n) is 7.03. The number of benzene rings is 1. The number of carbonyl (C=O) groups is 3. The Kier molecular flexibility index (Phi) is 7.63. The first-order valence-corrected chi connectivity index (χ1v) is 12.4. The lowest BCUT2D eigenvalue weighted by Crippen LogP contribution is -2.69. The fraction of sp³-hybridized carbons (Fsp3) is 0.625. The lowest BCUT2D eigenvalue weighted by molar-refractivity contribution is -0.135. The normalized spacial score (nSPS) is 25.6. The zero-order valence-corrected chi connectivity index (χ0v) is 19.8. The number of hydrogen-bond donors (Lipinski definition) is 3. The number of fused-ring (bicyclic) bond motifs is 1. The molecule has 1 saturated heterocycles. The highest BCUT2D eigenvalue weighted by Crippen LogP contribution is 2.31. The van der Waals surface area contributed by atoms with Crippen LogP contribution >= 0.6 is 11.6 Å². The van der Waals surface area contributed by atoms with Gasteiger partial charge in [0.25, 0.3) is 0 Å². The molecule has 0 unspecified atom stereocenters. The molecule has 0 spiro atoms. The summed E-state index contributed by atoms with van der Waals surface area (Å²) in [5.41, 5.74) is 0.431. The van der Waals surface area contributed by atoms with E-state index in [2.05, 4.69) is 16.0 Å². The Morgan fingerprint density at radius 2 is 1.85 bits per heavy atom. The minimum atomic E-state index is -0.863. The number of anilines is 1. The number of halogens is 1. The maximum atomic E-state index is 13.4. The van der Waals surface area contributed by atoms with Crippen molar-refractivity contribution in [3.63, 3.8) is 0 Å². The van der Waals surface area contributed by atoms with E-state index in [1.807, 2.05) is 0 Å². The standard InChI is InChI=1S/C24H33ClN4O4/c1-33-21-12-11-15(25)13-18(21)27-22(30)14-20-23(31)28-17-9-5-6-10-19(17)29(20)24(32)26-16-7-3-2-4-8-16/h11-13,16-17,19-20H,2-10,14H2,1H3,(H,26,32)(H,27,30)(H,28,31)/t17-,19-,20-/m1/s1. The van der Waals surface area contributed by atoms with Crippen molar-refractivity contribution in [1.82, 2.24) is 15.5 Å². The Balaban J connectivity index is 1.52. The molecule has 2 saturated carbocycles. The molecule has 4 amide bonds. The summed E-state index contributed by atoms with van der Waals surface area (Å²) in [5, 5.41) is 9.48. The van der Waals surface area contributed by atoms with Crippen LogP contribution in [0.25, 0.3) is 0 Å². The first-order chi connectivity index (χ1) is 16.0. The van der Waals surface area contributed by atoms with Gasteiger partial charge in [-0.3, -0.25) is 9.59 Å². The van der Waals surface area contributed by atoms with Crippen molar-refractivity contribution in [3.8, 4) is 5.75 Å². The Hall–Kier alpha value is -2.48. The number of piperazine rings is 1. The van der Waals surface area contributed by atoms with Gasteiger partial charge in [-0.05, 0) is 43.9 Å². The molecule has 3 aliphatic rings. The SMILES string of the molecule is COc1ccc(Cl)cc1NC(=O)C[C@@H]1C(=O)N[C@@H]2CCCC[C@H]2N1C(=O)NC1CCCCC1. The summed E-state index contributed by atoms with van der Waals surface area (Å²) in [6, 6.07) is 3.82. The molecule has 0 bridgehead atoms. The monoisotopic (exact) mass is 476 g/mol. The van der Waals surface area contributed by atoms with Crippen molar-refractivity contribution in [2.45, 2.75) is 88.4 Å². The molecular weight excluding hydrogens is 444 g/mol. The number of methoxy groups -OCH3 is 1. The van der Waals surface area contributed by atoms with E-state index in [1.165, 1.54) is 13.5 Å². The van der Waals surface area contributed by atoms with Crippen LogP contribution in [0.4, 0.5) is 10.5 Å². The summed E-state index contributed by atoms with van der Waals surface area (Å²) in [5.74, 6) is -0.175. The molecule has 0 aromatic heterocycles. The van der Waals surface area contributed by atoms with Crippen LogP contribution in [-0.2, 0) is 9.59 Å². The van der Waals surface area contributed by atoms with Crippen LogP contribution in [0.1, 0.15) is 64.2 Å². The van der Waals surface area contributed by atoms with Crippen molar-refractivity contribution in [2.75, 3.05) is 12.4 Å². The molecule has 0 radical (unpaired) electrons. The van der Waals surface area contributed by atoms with E-state index in [9.17, 15) is 14.4 Å². The molecule has 1 aromatic carbocycles. The van der Waals surface area contributed by atoms with Gasteiger partial charge in [-0.2, -0.15) is 0 Å². The molecule has 33 heavy (non-hydrogen) atoms. The van der Waals surface area contributed by atoms with E-state index in [4.69, 9.17) is 16.3 Å². The zero-order chi connectivity index (χ0) is 23.4. The van der Waals surface area contributed by atoms with Gasteiger partial charge in [-0.1, -0.05) is 43.7 Å². The highest BCUT2D eigenvalue weighted by molar-refractivity contribution is 6.31. The Bertz CT molecular complexity index is 889. The Morgan fingerprint density at radius 3 is 2.61 bits per heavy atom. The second kappa shape index (κ2) is 10.6. The summed E-state index contributed by atoms with van der Waals surface area (Å²) < 4.78 is 5.30. The molecule has 8 nitrogen and oxygen atoms in total. The Morgan fingerprint density at radius 1 is 1.12 bits per heavy atom. The average Bonchev–Trinajstić information content (AvgIpc) is 2.80. The summed E-state index contributed by atoms with van der Waals surface area (Å²) in [6.45, 7) is 0. The fourth-order valence-electron chi connectivity index (χ4n) is 5.38. The third kappa shape index (κ3) is 5.54. The summed E-state index contributed by atoms with van der Waals surface area (Å²) in [4.78, 5) is 41.1. The van der Waals surface area contributed by atoms with Gasteiger partial charge in [0.2, 0.25) is 11.8 Å². The first kappa shape index (κ1) is 23.7. The number of carbonyl (C=O) groups excluding carboxylic acids is 3. The van der Waals surface area contributed by atoms with E-state index >= 15 is 0 Å². The third-order valence-corrected chi connectivity index (χ3v) is 7.27. The highest BCUT2D eigenvalue weighted by Gasteiger charge is 2.46. The van der Waals surface area contributed by atoms with E-state index in [-0.39, 0.29) is 42.4 Å². The van der Waals surface area contributed by atoms with Crippen LogP contribution < -0.4 is 20.7 Å². The van der Waals surface area contributed by atoms with Crippen LogP contribution in [0.3, 0.4) is 0 Å². The maximum Gasteiger partial charge on any atom is 0.318 e. The molecule has 3 N–H and O–H groups in total. The zero-order valence-electron chi connectivity index (χ0n) is 19.1. The molecule has 1 heterocycles. The molecule has 2 aliphatic carbocycles. The molecule has 180 valence electrons. The van der Waals surface area contributed by atoms with Gasteiger partial charge in [0.15, 0.2) is 0 Å². The molecule has 3 fully saturated rings. The minimum absolute atomic E-state index is 0.0595. The summed E-state index contributed by atoms with van der Waals surface area (Å²) >= 11 is 6.07. The van der Waals surface area contributed by atoms with E-state index in [0.717, 1.165) is 51.4 Å². The van der Waals surface area contributed by atoms with Crippen LogP contribution in [-0.4, -0.2) is 54.0 Å². The van der Waals surface area contributed by atoms with Crippen molar-refractivity contribution < 1.29 is 19.1 Å². The second-order valence-electron chi connectivity index (χ2n) is 9.27. The van der Waals surface area contributed by atoms with E-state index in [1.54, 1.807) is 23.1 Å². The van der Waals surface area contributed by atoms with Crippen LogP contribution in [0, 0.1) is 0 Å². The Labute approximate surface area is 199 Å². The number of urea groups is 1. The maximum absolute atomic E-state index is 13.4. The van der Waals surface area contributed by atoms with Gasteiger partial charge in [0, 0.05) is 17.1 Å². The number of hydrogen-bond acceptors (Lipinski definition) is 4. The van der Waals surface area contributed by atoms with Gasteiger partial charge in [0.1, 0.15) is 11.8 Å². The van der Waals surface area contributed by atoms with Crippen molar-refractivity contribution in [2.24, 2.45) is 0 Å². The number of nitrogens with one attached hydrogen (secondary N) is 3. The average molecular weight is 477 g/mol. The molecule has 9 heteroatoms. The summed E-state index contributed by atoms with van der Waals surface area (Å²) in [6.07, 6.45) is 8.88. The molecular formula is C24H33ClN4O4. The van der Waals surface area contributed by atoms with Crippen molar-refractivity contribution in [1.29, 1.82) is 0 Å². The van der Waals surface area contributed by atoms with Crippen LogP contribution in [0.2, 0.25) is 5.02 Å². The lowest BCUT2D eigenvalue weighted by Gasteiger charge is -2.48. The summed E-state index contributed by atoms with van der Waals surface area (Å²) in [7, 11) is 1.51. The quantitative estimate of drug-likeness (QED) is 0.601. The predicted octanol–water partition coefficient (Wildman–Crippen LogP) is 3.83. The number of ether oxygens (including phenoxy) is 1. The highest BCUT2D eigenvalue weighted by atomic mass is 35.5. The number of rotatable bonds is 5. The van der Waals surface area contributed by atoms with Crippen molar-refractivity contribution in [3.05, 3.63) is 23.2 Å². The molecule has 1 aliphatic heterocycles. The number of nitrogens with zero attached hydrogens (tertiary/aromatic N) is 1. The largest absolute Gasteiger partial charge is 0.495 e. The van der Waals surface area contributed by atoms with Gasteiger partial charge in [-0.15, -0.1) is 0 Å². The molecule has 1 aromatic rings. The van der Waals surface area contributed by atoms with Crippen LogP contribution in [0.15, 0.2) is 18.2 Å². The van der Waals surface area contributed by atoms with Gasteiger partial charge in [0.05, 0.1) is 25.3 Å². The predicted molar refractivity (Wildman–Crippen MR) is 126 cm³/mol. The lowest BCUT2D eigenvalue weighted by atomic mass is 9.85. The fourth-order valence-corrected chi connectivity index (χ4v) is 5.56. The van der Waals surface area contributed by atoms with E-state index < -0.39 is 6.04 Å². The first-order valence-electron chi connectivity index (χ1n) is 12.0. The smallest absolute Gasteiger partial charge is 0.318 e. The second-order valence-corrected chi connectivity index (χ2v) is 9.71. The molecule has 4 rings (SSSR count). The van der Waals surface area contributed by atoms with Gasteiger partial charge < -0.3 is 25.6 Å². The van der Waals surface area contributed by atoms with Crippen molar-refractivity contribution >= 4 is 35.1 Å².